The van der Waals surface area contributed by atoms with Crippen LogP contribution in [-0.4, -0.2) is 57.6 Å². The van der Waals surface area contributed by atoms with Gasteiger partial charge in [0.2, 0.25) is 11.7 Å². The van der Waals surface area contributed by atoms with Gasteiger partial charge in [-0.25, -0.2) is 4.98 Å². The standard InChI is InChI=1S/C19H21N5O4/c1-23-10-7-20-17(23)16(26)13-5-4-6-14(11-13)22-19(28)18(27)21-12-15(25)24-8-2-3-9-24/h4-7,10-11H,2-3,8-9,12H2,1H3,(H,21,27)(H,22,28). The number of nitrogens with one attached hydrogen (secondary N) is 2. The number of likely N-dealkylation sites (tertiary alicyclic amines) is 1. The summed E-state index contributed by atoms with van der Waals surface area (Å²) in [6.45, 7) is 1.14. The van der Waals surface area contributed by atoms with E-state index < -0.39 is 11.8 Å². The largest absolute Gasteiger partial charge is 0.341 e. The highest BCUT2D eigenvalue weighted by molar-refractivity contribution is 6.39. The molecular formula is C19H21N5O4. The summed E-state index contributed by atoms with van der Waals surface area (Å²) in [4.78, 5) is 54.1. The number of ketones is 1. The molecule has 0 aliphatic carbocycles. The number of nitrogens with zero attached hydrogens (tertiary/aromatic N) is 3. The van der Waals surface area contributed by atoms with Crippen molar-refractivity contribution in [1.29, 1.82) is 0 Å². The van der Waals surface area contributed by atoms with Crippen molar-refractivity contribution >= 4 is 29.2 Å². The Morgan fingerprint density at radius 2 is 1.86 bits per heavy atom. The lowest BCUT2D eigenvalue weighted by Crippen LogP contribution is -2.42. The van der Waals surface area contributed by atoms with Crippen LogP contribution in [0, 0.1) is 0 Å². The van der Waals surface area contributed by atoms with E-state index in [9.17, 15) is 19.2 Å². The maximum atomic E-state index is 12.5. The first-order valence-corrected chi connectivity index (χ1v) is 8.95. The van der Waals surface area contributed by atoms with Crippen molar-refractivity contribution in [1.82, 2.24) is 19.8 Å². The summed E-state index contributed by atoms with van der Waals surface area (Å²) in [6.07, 6.45) is 5.08. The van der Waals surface area contributed by atoms with Gasteiger partial charge in [0.1, 0.15) is 0 Å². The van der Waals surface area contributed by atoms with Crippen LogP contribution >= 0.6 is 0 Å². The molecule has 0 saturated carbocycles. The van der Waals surface area contributed by atoms with Gasteiger partial charge in [-0.1, -0.05) is 12.1 Å². The molecule has 3 rings (SSSR count). The molecule has 1 aliphatic heterocycles. The van der Waals surface area contributed by atoms with E-state index in [1.165, 1.54) is 12.3 Å². The van der Waals surface area contributed by atoms with Crippen molar-refractivity contribution in [3.05, 3.63) is 48.0 Å². The summed E-state index contributed by atoms with van der Waals surface area (Å²) in [6, 6.07) is 6.23. The van der Waals surface area contributed by atoms with Crippen LogP contribution in [0.5, 0.6) is 0 Å². The fraction of sp³-hybridized carbons (Fsp3) is 0.316. The molecule has 0 radical (unpaired) electrons. The molecule has 1 aromatic carbocycles. The SMILES string of the molecule is Cn1ccnc1C(=O)c1cccc(NC(=O)C(=O)NCC(=O)N2CCCC2)c1. The number of hydrogen-bond donors (Lipinski definition) is 2. The van der Waals surface area contributed by atoms with E-state index in [1.807, 2.05) is 0 Å². The Kier molecular flexibility index (Phi) is 5.83. The summed E-state index contributed by atoms with van der Waals surface area (Å²) in [5.41, 5.74) is 0.628. The first-order valence-electron chi connectivity index (χ1n) is 8.95. The van der Waals surface area contributed by atoms with Gasteiger partial charge < -0.3 is 20.1 Å². The third kappa shape index (κ3) is 4.43. The molecule has 1 aliphatic rings. The summed E-state index contributed by atoms with van der Waals surface area (Å²) in [7, 11) is 1.71. The third-order valence-corrected chi connectivity index (χ3v) is 4.47. The van der Waals surface area contributed by atoms with E-state index in [-0.39, 0.29) is 24.1 Å². The maximum Gasteiger partial charge on any atom is 0.313 e. The zero-order valence-corrected chi connectivity index (χ0v) is 15.5. The van der Waals surface area contributed by atoms with Crippen molar-refractivity contribution in [3.8, 4) is 0 Å². The molecule has 2 heterocycles. The van der Waals surface area contributed by atoms with E-state index in [2.05, 4.69) is 15.6 Å². The van der Waals surface area contributed by atoms with Gasteiger partial charge in [-0.05, 0) is 25.0 Å². The number of rotatable bonds is 5. The number of carbonyl (C=O) groups is 4. The van der Waals surface area contributed by atoms with Gasteiger partial charge in [0, 0.05) is 43.8 Å². The molecule has 0 atom stereocenters. The van der Waals surface area contributed by atoms with Crippen molar-refractivity contribution < 1.29 is 19.2 Å². The van der Waals surface area contributed by atoms with Crippen molar-refractivity contribution in [3.63, 3.8) is 0 Å². The molecule has 0 bridgehead atoms. The van der Waals surface area contributed by atoms with Crippen LogP contribution in [0.2, 0.25) is 0 Å². The fourth-order valence-corrected chi connectivity index (χ4v) is 2.95. The minimum Gasteiger partial charge on any atom is -0.341 e. The number of amides is 3. The Bertz CT molecular complexity index is 915. The lowest BCUT2D eigenvalue weighted by atomic mass is 10.1. The van der Waals surface area contributed by atoms with Crippen molar-refractivity contribution in [2.45, 2.75) is 12.8 Å². The molecule has 3 amide bonds. The highest BCUT2D eigenvalue weighted by Gasteiger charge is 2.21. The molecule has 146 valence electrons. The fourth-order valence-electron chi connectivity index (χ4n) is 2.95. The molecule has 9 nitrogen and oxygen atoms in total. The highest BCUT2D eigenvalue weighted by atomic mass is 16.2. The first-order chi connectivity index (χ1) is 13.5. The minimum atomic E-state index is -0.909. The van der Waals surface area contributed by atoms with Crippen molar-refractivity contribution in [2.24, 2.45) is 7.05 Å². The lowest BCUT2D eigenvalue weighted by molar-refractivity contribution is -0.138. The monoisotopic (exact) mass is 383 g/mol. The summed E-state index contributed by atoms with van der Waals surface area (Å²) in [5.74, 6) is -2.06. The predicted molar refractivity (Wildman–Crippen MR) is 101 cm³/mol. The van der Waals surface area contributed by atoms with Gasteiger partial charge in [0.15, 0.2) is 5.82 Å². The topological polar surface area (TPSA) is 113 Å². The van der Waals surface area contributed by atoms with Gasteiger partial charge in [-0.3, -0.25) is 19.2 Å². The van der Waals surface area contributed by atoms with E-state index in [0.717, 1.165) is 12.8 Å². The smallest absolute Gasteiger partial charge is 0.313 e. The van der Waals surface area contributed by atoms with Gasteiger partial charge in [-0.15, -0.1) is 0 Å². The Morgan fingerprint density at radius 3 is 2.54 bits per heavy atom. The second kappa shape index (κ2) is 8.47. The molecule has 2 aromatic rings. The Labute approximate surface area is 161 Å². The first kappa shape index (κ1) is 19.3. The Morgan fingerprint density at radius 1 is 1.11 bits per heavy atom. The average molecular weight is 383 g/mol. The van der Waals surface area contributed by atoms with Gasteiger partial charge in [0.05, 0.1) is 6.54 Å². The highest BCUT2D eigenvalue weighted by Crippen LogP contribution is 2.14. The normalized spacial score (nSPS) is 13.2. The molecule has 1 aromatic heterocycles. The molecule has 0 unspecified atom stereocenters. The van der Waals surface area contributed by atoms with Crippen LogP contribution in [0.4, 0.5) is 5.69 Å². The summed E-state index contributed by atoms with van der Waals surface area (Å²) in [5, 5.41) is 4.76. The van der Waals surface area contributed by atoms with E-state index >= 15 is 0 Å². The number of benzene rings is 1. The number of aromatic nitrogens is 2. The van der Waals surface area contributed by atoms with Gasteiger partial charge in [0.25, 0.3) is 0 Å². The summed E-state index contributed by atoms with van der Waals surface area (Å²) >= 11 is 0. The zero-order valence-electron chi connectivity index (χ0n) is 15.5. The molecular weight excluding hydrogens is 362 g/mol. The minimum absolute atomic E-state index is 0.207. The number of aryl methyl sites for hydroxylation is 1. The van der Waals surface area contributed by atoms with Crippen LogP contribution < -0.4 is 10.6 Å². The summed E-state index contributed by atoms with van der Waals surface area (Å²) < 4.78 is 1.60. The average Bonchev–Trinajstić information content (AvgIpc) is 3.37. The molecule has 0 spiro atoms. The number of carbonyl (C=O) groups excluding carboxylic acids is 4. The van der Waals surface area contributed by atoms with Gasteiger partial charge in [-0.2, -0.15) is 0 Å². The Hall–Kier alpha value is -3.49. The number of hydrogen-bond acceptors (Lipinski definition) is 5. The molecule has 1 saturated heterocycles. The quantitative estimate of drug-likeness (QED) is 0.571. The van der Waals surface area contributed by atoms with E-state index in [4.69, 9.17) is 0 Å². The lowest BCUT2D eigenvalue weighted by Gasteiger charge is -2.15. The second-order valence-electron chi connectivity index (χ2n) is 6.50. The predicted octanol–water partition coefficient (Wildman–Crippen LogP) is 0.328. The molecule has 1 fully saturated rings. The number of anilines is 1. The van der Waals surface area contributed by atoms with Crippen LogP contribution in [0.25, 0.3) is 0 Å². The van der Waals surface area contributed by atoms with Crippen LogP contribution in [0.1, 0.15) is 29.0 Å². The van der Waals surface area contributed by atoms with Crippen LogP contribution in [0.15, 0.2) is 36.7 Å². The number of imidazole rings is 1. The van der Waals surface area contributed by atoms with E-state index in [1.54, 1.807) is 40.9 Å². The van der Waals surface area contributed by atoms with Gasteiger partial charge >= 0.3 is 11.8 Å². The van der Waals surface area contributed by atoms with E-state index in [0.29, 0.717) is 24.3 Å². The molecule has 2 N–H and O–H groups in total. The van der Waals surface area contributed by atoms with Crippen LogP contribution in [0.3, 0.4) is 0 Å². The Balaban J connectivity index is 1.57. The van der Waals surface area contributed by atoms with Crippen LogP contribution in [-0.2, 0) is 21.4 Å². The second-order valence-corrected chi connectivity index (χ2v) is 6.50. The zero-order chi connectivity index (χ0) is 20.1. The van der Waals surface area contributed by atoms with Crippen molar-refractivity contribution in [2.75, 3.05) is 25.0 Å². The third-order valence-electron chi connectivity index (χ3n) is 4.47. The molecule has 9 heteroatoms. The molecule has 28 heavy (non-hydrogen) atoms. The maximum absolute atomic E-state index is 12.5.